The lowest BCUT2D eigenvalue weighted by molar-refractivity contribution is 0.102. The molecule has 154 valence electrons. The summed E-state index contributed by atoms with van der Waals surface area (Å²) in [7, 11) is 0. The Balaban J connectivity index is 1.56. The number of aromatic nitrogens is 1. The highest BCUT2D eigenvalue weighted by Gasteiger charge is 2.19. The van der Waals surface area contributed by atoms with E-state index in [1.165, 1.54) is 17.7 Å². The number of benzene rings is 2. The number of ether oxygens (including phenoxy) is 1. The molecule has 0 radical (unpaired) electrons. The van der Waals surface area contributed by atoms with Gasteiger partial charge in [0, 0.05) is 19.3 Å². The van der Waals surface area contributed by atoms with Crippen LogP contribution in [0.3, 0.4) is 0 Å². The number of carbonyl (C=O) groups excluding carboxylic acids is 1. The van der Waals surface area contributed by atoms with Crippen LogP contribution in [0.2, 0.25) is 0 Å². The van der Waals surface area contributed by atoms with Crippen molar-refractivity contribution in [3.05, 3.63) is 77.2 Å². The highest BCUT2D eigenvalue weighted by atomic mass is 19.1. The van der Waals surface area contributed by atoms with Crippen molar-refractivity contribution in [2.75, 3.05) is 36.5 Å². The largest absolute Gasteiger partial charge is 0.378 e. The van der Waals surface area contributed by atoms with Crippen molar-refractivity contribution in [3.8, 4) is 11.1 Å². The van der Waals surface area contributed by atoms with E-state index in [4.69, 9.17) is 4.74 Å². The molecule has 2 aromatic carbocycles. The van der Waals surface area contributed by atoms with Crippen molar-refractivity contribution >= 4 is 17.4 Å². The molecule has 1 N–H and O–H groups in total. The van der Waals surface area contributed by atoms with Gasteiger partial charge in [-0.2, -0.15) is 0 Å². The van der Waals surface area contributed by atoms with Gasteiger partial charge in [0.1, 0.15) is 5.82 Å². The van der Waals surface area contributed by atoms with E-state index in [9.17, 15) is 9.18 Å². The first-order valence-corrected chi connectivity index (χ1v) is 9.99. The number of amides is 1. The standard InChI is InChI=1S/C24H24FN3O2/c1-16-5-6-18(14-17(16)2)19-7-8-20(21(25)15-19)24(29)27-22-4-3-9-26-23(22)28-10-12-30-13-11-28/h3-9,14-15H,10-13H2,1-2H3,(H,27,29). The fourth-order valence-corrected chi connectivity index (χ4v) is 3.51. The Kier molecular flexibility index (Phi) is 5.77. The molecule has 1 amide bonds. The van der Waals surface area contributed by atoms with Crippen molar-refractivity contribution in [2.24, 2.45) is 0 Å². The first-order valence-electron chi connectivity index (χ1n) is 9.99. The number of nitrogens with zero attached hydrogens (tertiary/aromatic N) is 2. The normalized spacial score (nSPS) is 13.9. The maximum atomic E-state index is 14.8. The molecule has 1 saturated heterocycles. The monoisotopic (exact) mass is 405 g/mol. The summed E-state index contributed by atoms with van der Waals surface area (Å²) in [4.78, 5) is 19.3. The van der Waals surface area contributed by atoms with Gasteiger partial charge in [0.2, 0.25) is 0 Å². The summed E-state index contributed by atoms with van der Waals surface area (Å²) < 4.78 is 20.2. The zero-order chi connectivity index (χ0) is 21.1. The third-order valence-electron chi connectivity index (χ3n) is 5.40. The molecule has 6 heteroatoms. The summed E-state index contributed by atoms with van der Waals surface area (Å²) in [5, 5.41) is 2.82. The van der Waals surface area contributed by atoms with Gasteiger partial charge in [-0.05, 0) is 60.4 Å². The SMILES string of the molecule is Cc1ccc(-c2ccc(C(=O)Nc3cccnc3N3CCOCC3)c(F)c2)cc1C. The van der Waals surface area contributed by atoms with E-state index in [0.717, 1.165) is 16.7 Å². The molecule has 1 fully saturated rings. The Morgan fingerprint density at radius 3 is 2.50 bits per heavy atom. The fraction of sp³-hybridized carbons (Fsp3) is 0.250. The predicted molar refractivity (Wildman–Crippen MR) is 117 cm³/mol. The quantitative estimate of drug-likeness (QED) is 0.690. The Morgan fingerprint density at radius 2 is 1.77 bits per heavy atom. The Bertz CT molecular complexity index is 1080. The lowest BCUT2D eigenvalue weighted by Gasteiger charge is -2.29. The number of nitrogens with one attached hydrogen (secondary N) is 1. The van der Waals surface area contributed by atoms with Crippen LogP contribution < -0.4 is 10.2 Å². The van der Waals surface area contributed by atoms with Gasteiger partial charge in [0.25, 0.3) is 5.91 Å². The van der Waals surface area contributed by atoms with Crippen LogP contribution >= 0.6 is 0 Å². The van der Waals surface area contributed by atoms with Crippen molar-refractivity contribution in [1.82, 2.24) is 4.98 Å². The smallest absolute Gasteiger partial charge is 0.258 e. The molecule has 30 heavy (non-hydrogen) atoms. The van der Waals surface area contributed by atoms with Crippen LogP contribution in [0.1, 0.15) is 21.5 Å². The molecule has 1 aromatic heterocycles. The number of hydrogen-bond donors (Lipinski definition) is 1. The molecule has 5 nitrogen and oxygen atoms in total. The minimum absolute atomic E-state index is 0.000589. The first kappa shape index (κ1) is 20.0. The molecule has 2 heterocycles. The van der Waals surface area contributed by atoms with E-state index in [0.29, 0.717) is 37.8 Å². The number of anilines is 2. The maximum Gasteiger partial charge on any atom is 0.258 e. The third kappa shape index (κ3) is 4.19. The van der Waals surface area contributed by atoms with Gasteiger partial charge < -0.3 is 15.0 Å². The van der Waals surface area contributed by atoms with E-state index < -0.39 is 11.7 Å². The van der Waals surface area contributed by atoms with Gasteiger partial charge >= 0.3 is 0 Å². The highest BCUT2D eigenvalue weighted by molar-refractivity contribution is 6.06. The molecule has 0 aliphatic carbocycles. The van der Waals surface area contributed by atoms with Crippen LogP contribution in [0.15, 0.2) is 54.7 Å². The van der Waals surface area contributed by atoms with Crippen molar-refractivity contribution in [2.45, 2.75) is 13.8 Å². The number of aryl methyl sites for hydroxylation is 2. The minimum Gasteiger partial charge on any atom is -0.378 e. The van der Waals surface area contributed by atoms with Gasteiger partial charge in [0.15, 0.2) is 5.82 Å². The highest BCUT2D eigenvalue weighted by Crippen LogP contribution is 2.27. The van der Waals surface area contributed by atoms with Crippen molar-refractivity contribution in [3.63, 3.8) is 0 Å². The molecule has 1 aliphatic rings. The Labute approximate surface area is 175 Å². The molecule has 3 aromatic rings. The van der Waals surface area contributed by atoms with Crippen LogP contribution in [-0.2, 0) is 4.74 Å². The average Bonchev–Trinajstić information content (AvgIpc) is 2.76. The topological polar surface area (TPSA) is 54.5 Å². The summed E-state index contributed by atoms with van der Waals surface area (Å²) in [6, 6.07) is 14.2. The summed E-state index contributed by atoms with van der Waals surface area (Å²) in [6.07, 6.45) is 1.68. The number of halogens is 1. The van der Waals surface area contributed by atoms with Gasteiger partial charge in [-0.3, -0.25) is 4.79 Å². The fourth-order valence-electron chi connectivity index (χ4n) is 3.51. The van der Waals surface area contributed by atoms with Crippen molar-refractivity contribution in [1.29, 1.82) is 0 Å². The van der Waals surface area contributed by atoms with Gasteiger partial charge in [-0.25, -0.2) is 9.37 Å². The first-order chi connectivity index (χ1) is 14.5. The van der Waals surface area contributed by atoms with Gasteiger partial charge in [-0.1, -0.05) is 24.3 Å². The summed E-state index contributed by atoms with van der Waals surface area (Å²) in [5.41, 5.74) is 4.54. The van der Waals surface area contributed by atoms with E-state index in [1.54, 1.807) is 24.4 Å². The number of morpholine rings is 1. The molecule has 0 saturated carbocycles. The van der Waals surface area contributed by atoms with E-state index in [-0.39, 0.29) is 5.56 Å². The Morgan fingerprint density at radius 1 is 1.03 bits per heavy atom. The second-order valence-corrected chi connectivity index (χ2v) is 7.42. The molecule has 4 rings (SSSR count). The Hall–Kier alpha value is -3.25. The van der Waals surface area contributed by atoms with Gasteiger partial charge in [-0.15, -0.1) is 0 Å². The maximum absolute atomic E-state index is 14.8. The number of pyridine rings is 1. The predicted octanol–water partition coefficient (Wildman–Crippen LogP) is 4.59. The number of carbonyl (C=O) groups is 1. The summed E-state index contributed by atoms with van der Waals surface area (Å²) in [6.45, 7) is 6.67. The van der Waals surface area contributed by atoms with Crippen LogP contribution in [-0.4, -0.2) is 37.2 Å². The van der Waals surface area contributed by atoms with E-state index >= 15 is 0 Å². The second-order valence-electron chi connectivity index (χ2n) is 7.42. The second kappa shape index (κ2) is 8.63. The molecular formula is C24H24FN3O2. The van der Waals surface area contributed by atoms with Crippen LogP contribution in [0.5, 0.6) is 0 Å². The summed E-state index contributed by atoms with van der Waals surface area (Å²) >= 11 is 0. The minimum atomic E-state index is -0.556. The lowest BCUT2D eigenvalue weighted by atomic mass is 9.99. The zero-order valence-corrected chi connectivity index (χ0v) is 17.1. The van der Waals surface area contributed by atoms with Crippen LogP contribution in [0.4, 0.5) is 15.9 Å². The molecule has 0 unspecified atom stereocenters. The zero-order valence-electron chi connectivity index (χ0n) is 17.1. The van der Waals surface area contributed by atoms with Crippen molar-refractivity contribution < 1.29 is 13.9 Å². The summed E-state index contributed by atoms with van der Waals surface area (Å²) in [5.74, 6) is -0.386. The average molecular weight is 405 g/mol. The third-order valence-corrected chi connectivity index (χ3v) is 5.40. The van der Waals surface area contributed by atoms with Gasteiger partial charge in [0.05, 0.1) is 24.5 Å². The molecule has 1 aliphatic heterocycles. The number of hydrogen-bond acceptors (Lipinski definition) is 4. The lowest BCUT2D eigenvalue weighted by Crippen LogP contribution is -2.37. The molecule has 0 spiro atoms. The number of rotatable bonds is 4. The molecular weight excluding hydrogens is 381 g/mol. The van der Waals surface area contributed by atoms with E-state index in [2.05, 4.69) is 15.2 Å². The van der Waals surface area contributed by atoms with E-state index in [1.807, 2.05) is 32.0 Å². The van der Waals surface area contributed by atoms with Crippen LogP contribution in [0.25, 0.3) is 11.1 Å². The molecule has 0 atom stereocenters. The van der Waals surface area contributed by atoms with Crippen LogP contribution in [0, 0.1) is 19.7 Å². The molecule has 0 bridgehead atoms.